The maximum atomic E-state index is 15.0. The van der Waals surface area contributed by atoms with Gasteiger partial charge in [-0.2, -0.15) is 79.0 Å². The van der Waals surface area contributed by atoms with E-state index in [1.165, 1.54) is 0 Å². The molecule has 0 amide bonds. The van der Waals surface area contributed by atoms with Crippen LogP contribution in [0, 0.1) is 0 Å². The summed E-state index contributed by atoms with van der Waals surface area (Å²) in [6.07, 6.45) is -29.3. The van der Waals surface area contributed by atoms with Crippen molar-refractivity contribution in [2.75, 3.05) is 0 Å². The van der Waals surface area contributed by atoms with E-state index in [-0.39, 0.29) is 63.5 Å². The summed E-state index contributed by atoms with van der Waals surface area (Å²) in [4.78, 5) is -2.87. The van der Waals surface area contributed by atoms with E-state index in [9.17, 15) is 118 Å². The van der Waals surface area contributed by atoms with Crippen LogP contribution in [0.2, 0.25) is 0 Å². The quantitative estimate of drug-likeness (QED) is 0.105. The van der Waals surface area contributed by atoms with E-state index >= 15 is 0 Å². The third-order valence-electron chi connectivity index (χ3n) is 7.40. The van der Waals surface area contributed by atoms with Gasteiger partial charge in [0.2, 0.25) is 0 Å². The van der Waals surface area contributed by atoms with Crippen LogP contribution in [0.25, 0.3) is 10.8 Å². The van der Waals surface area contributed by atoms with Gasteiger partial charge in [-0.25, -0.2) is 34.8 Å². The van der Waals surface area contributed by atoms with Crippen LogP contribution in [0.1, 0.15) is 16.7 Å². The van der Waals surface area contributed by atoms with Crippen LogP contribution in [0.3, 0.4) is 0 Å². The fourth-order valence-corrected chi connectivity index (χ4v) is 5.56. The molecule has 0 saturated carbocycles. The number of hydrogen-bond donors (Lipinski definition) is 0. The van der Waals surface area contributed by atoms with E-state index in [4.69, 9.17) is 0 Å². The Morgan fingerprint density at radius 2 is 0.722 bits per heavy atom. The molecular formula is C25H13F24KO3S. The zero-order valence-electron chi connectivity index (χ0n) is 25.4. The summed E-state index contributed by atoms with van der Waals surface area (Å²) in [6, 6.07) is 0.492. The van der Waals surface area contributed by atoms with Gasteiger partial charge in [0.1, 0.15) is 10.1 Å². The first kappa shape index (κ1) is 50.6. The smallest absolute Gasteiger partial charge is 0.744 e. The van der Waals surface area contributed by atoms with Crippen LogP contribution in [0.15, 0.2) is 29.2 Å². The van der Waals surface area contributed by atoms with Gasteiger partial charge in [-0.3, -0.25) is 0 Å². The van der Waals surface area contributed by atoms with E-state index in [0.29, 0.717) is 12.1 Å². The van der Waals surface area contributed by atoms with Crippen molar-refractivity contribution in [1.82, 2.24) is 0 Å². The zero-order chi connectivity index (χ0) is 42.1. The van der Waals surface area contributed by atoms with Crippen molar-refractivity contribution >= 4 is 20.9 Å². The predicted octanol–water partition coefficient (Wildman–Crippen LogP) is 6.89. The number of benzene rings is 2. The molecule has 0 bridgehead atoms. The Labute approximate surface area is 326 Å². The van der Waals surface area contributed by atoms with Crippen LogP contribution in [0.5, 0.6) is 0 Å². The summed E-state index contributed by atoms with van der Waals surface area (Å²) >= 11 is 0. The molecular weight excluding hydrogens is 875 g/mol. The molecule has 0 heterocycles. The van der Waals surface area contributed by atoms with Crippen LogP contribution in [-0.2, 0) is 29.4 Å². The molecule has 306 valence electrons. The third-order valence-corrected chi connectivity index (χ3v) is 8.37. The van der Waals surface area contributed by atoms with E-state index in [1.807, 2.05) is 0 Å². The van der Waals surface area contributed by atoms with E-state index in [0.717, 1.165) is 0 Å². The van der Waals surface area contributed by atoms with Crippen molar-refractivity contribution in [3.8, 4) is 0 Å². The van der Waals surface area contributed by atoms with E-state index in [2.05, 4.69) is 0 Å². The number of alkyl halides is 24. The third kappa shape index (κ3) is 8.27. The Balaban J connectivity index is 0.0000146. The zero-order valence-corrected chi connectivity index (χ0v) is 29.3. The van der Waals surface area contributed by atoms with Gasteiger partial charge in [-0.1, -0.05) is 24.3 Å². The normalized spacial score (nSPS) is 15.1. The van der Waals surface area contributed by atoms with Crippen LogP contribution in [0.4, 0.5) is 105 Å². The molecule has 0 spiro atoms. The second-order valence-corrected chi connectivity index (χ2v) is 12.2. The minimum absolute atomic E-state index is 0. The van der Waals surface area contributed by atoms with Crippen molar-refractivity contribution in [1.29, 1.82) is 0 Å². The molecule has 0 aliphatic heterocycles. The van der Waals surface area contributed by atoms with Crippen molar-refractivity contribution in [2.45, 2.75) is 96.7 Å². The average molecular weight is 888 g/mol. The Morgan fingerprint density at radius 1 is 0.463 bits per heavy atom. The molecule has 0 unspecified atom stereocenters. The first-order valence-electron chi connectivity index (χ1n) is 13.0. The Morgan fingerprint density at radius 3 is 1.00 bits per heavy atom. The average Bonchev–Trinajstić information content (AvgIpc) is 2.96. The molecule has 0 fully saturated rings. The molecule has 0 saturated heterocycles. The Bertz CT molecular complexity index is 1780. The topological polar surface area (TPSA) is 57.2 Å². The monoisotopic (exact) mass is 888 g/mol. The minimum Gasteiger partial charge on any atom is -0.744 e. The molecule has 0 atom stereocenters. The molecule has 2 aromatic rings. The minimum atomic E-state index is -7.67. The molecule has 29 heteroatoms. The summed E-state index contributed by atoms with van der Waals surface area (Å²) in [5.74, 6) is -66.1. The van der Waals surface area contributed by atoms with Gasteiger partial charge in [0.15, 0.2) is 0 Å². The van der Waals surface area contributed by atoms with Gasteiger partial charge in [0.05, 0.1) is 4.90 Å². The first-order valence-corrected chi connectivity index (χ1v) is 14.4. The van der Waals surface area contributed by atoms with Crippen molar-refractivity contribution in [3.05, 3.63) is 41.0 Å². The van der Waals surface area contributed by atoms with Crippen molar-refractivity contribution in [3.63, 3.8) is 0 Å². The molecule has 54 heavy (non-hydrogen) atoms. The number of halogens is 24. The molecule has 2 rings (SSSR count). The fraction of sp³-hybridized carbons (Fsp3) is 0.600. The molecule has 0 radical (unpaired) electrons. The largest absolute Gasteiger partial charge is 1.00 e. The molecule has 0 aromatic heterocycles. The SMILES string of the molecule is O=S(=O)([O-])c1c(CC(F)(F)C(F)(F)C(F)(F)C(F)F)c(CC(F)(F)C(F)(F)C(F)(F)C(F)F)c(CC(F)(F)C(F)(F)C(F)(F)C(F)F)c2ccccc12.[K+]. The van der Waals surface area contributed by atoms with Crippen LogP contribution < -0.4 is 51.4 Å². The standard InChI is InChI=1S/C25H14F24O3S.K/c26-14(27)20(38,39)23(44,45)17(32,33)5-10-8-3-1-2-4-9(8)13(53(50,51)52)12(7-19(36,37)25(48,49)22(42,43)16(30)31)11(10)6-18(34,35)24(46,47)21(40,41)15(28)29;/h1-4,14-16H,5-7H2,(H,50,51,52);/q;+1/p-1. The maximum Gasteiger partial charge on any atom is 1.00 e. The molecule has 2 aromatic carbocycles. The van der Waals surface area contributed by atoms with Gasteiger partial charge in [0, 0.05) is 19.3 Å². The second-order valence-electron chi connectivity index (χ2n) is 10.9. The van der Waals surface area contributed by atoms with Gasteiger partial charge >= 0.3 is 124 Å². The van der Waals surface area contributed by atoms with E-state index in [1.54, 1.807) is 0 Å². The molecule has 0 aliphatic carbocycles. The first-order chi connectivity index (χ1) is 23.2. The van der Waals surface area contributed by atoms with Crippen LogP contribution >= 0.6 is 0 Å². The van der Waals surface area contributed by atoms with Gasteiger partial charge in [-0.05, 0) is 27.5 Å². The summed E-state index contributed by atoms with van der Waals surface area (Å²) in [5, 5.41) is -3.91. The van der Waals surface area contributed by atoms with Crippen molar-refractivity contribution in [2.24, 2.45) is 0 Å². The number of hydrogen-bond acceptors (Lipinski definition) is 3. The summed E-state index contributed by atoms with van der Waals surface area (Å²) in [7, 11) is -7.03. The van der Waals surface area contributed by atoms with E-state index < -0.39 is 134 Å². The summed E-state index contributed by atoms with van der Waals surface area (Å²) in [6.45, 7) is 0. The maximum absolute atomic E-state index is 15.0. The Kier molecular flexibility index (Phi) is 14.4. The number of rotatable bonds is 16. The summed E-state index contributed by atoms with van der Waals surface area (Å²) in [5.41, 5.74) is -9.20. The molecule has 3 nitrogen and oxygen atoms in total. The fourth-order valence-electron chi connectivity index (χ4n) is 4.62. The van der Waals surface area contributed by atoms with Gasteiger partial charge < -0.3 is 4.55 Å². The van der Waals surface area contributed by atoms with Gasteiger partial charge in [-0.15, -0.1) is 0 Å². The summed E-state index contributed by atoms with van der Waals surface area (Å²) < 4.78 is 370. The second kappa shape index (κ2) is 15.4. The number of fused-ring (bicyclic) bond motifs is 1. The molecule has 0 N–H and O–H groups in total. The van der Waals surface area contributed by atoms with Crippen LogP contribution in [-0.4, -0.2) is 85.5 Å². The predicted molar refractivity (Wildman–Crippen MR) is 126 cm³/mol. The molecule has 0 aliphatic rings. The Hall–Kier alpha value is -1.43. The van der Waals surface area contributed by atoms with Gasteiger partial charge in [0.25, 0.3) is 0 Å². The van der Waals surface area contributed by atoms with Crippen molar-refractivity contribution < 1.29 is 170 Å².